The predicted molar refractivity (Wildman–Crippen MR) is 87.6 cm³/mol. The van der Waals surface area contributed by atoms with Gasteiger partial charge in [0.05, 0.1) is 6.04 Å². The van der Waals surface area contributed by atoms with E-state index in [9.17, 15) is 4.79 Å². The molecule has 1 N–H and O–H groups in total. The summed E-state index contributed by atoms with van der Waals surface area (Å²) in [5, 5.41) is 3.11. The van der Waals surface area contributed by atoms with E-state index in [0.717, 1.165) is 23.9 Å². The molecule has 1 atom stereocenters. The number of hydrogen-bond acceptors (Lipinski definition) is 2. The zero-order valence-corrected chi connectivity index (χ0v) is 14.4. The number of amides is 1. The summed E-state index contributed by atoms with van der Waals surface area (Å²) in [5.41, 5.74) is 1.19. The number of carbonyl (C=O) groups excluding carboxylic acids is 1. The van der Waals surface area contributed by atoms with Crippen molar-refractivity contribution in [1.82, 2.24) is 10.2 Å². The lowest BCUT2D eigenvalue weighted by molar-refractivity contribution is -0.126. The van der Waals surface area contributed by atoms with Gasteiger partial charge in [0.25, 0.3) is 0 Å². The molecule has 0 aromatic heterocycles. The molecule has 0 bridgehead atoms. The van der Waals surface area contributed by atoms with Crippen LogP contribution in [0.5, 0.6) is 0 Å². The molecule has 1 aromatic carbocycles. The monoisotopic (exact) mass is 340 g/mol. The van der Waals surface area contributed by atoms with Gasteiger partial charge in [-0.3, -0.25) is 9.69 Å². The molecule has 0 heterocycles. The van der Waals surface area contributed by atoms with Crippen molar-refractivity contribution in [2.45, 2.75) is 52.2 Å². The lowest BCUT2D eigenvalue weighted by atomic mass is 10.1. The third-order valence-corrected chi connectivity index (χ3v) is 4.52. The van der Waals surface area contributed by atoms with E-state index in [-0.39, 0.29) is 18.0 Å². The molecule has 0 radical (unpaired) electrons. The fraction of sp³-hybridized carbons (Fsp3) is 0.562. The minimum Gasteiger partial charge on any atom is -0.352 e. The van der Waals surface area contributed by atoms with E-state index in [2.05, 4.69) is 46.1 Å². The second-order valence-electron chi connectivity index (χ2n) is 5.20. The van der Waals surface area contributed by atoms with Gasteiger partial charge in [-0.15, -0.1) is 0 Å². The number of nitrogens with one attached hydrogen (secondary N) is 1. The quantitative estimate of drug-likeness (QED) is 0.822. The number of likely N-dealkylation sites (N-methyl/N-ethyl adjacent to an activating group) is 1. The van der Waals surface area contributed by atoms with E-state index in [1.165, 1.54) is 5.56 Å². The van der Waals surface area contributed by atoms with Gasteiger partial charge >= 0.3 is 0 Å². The van der Waals surface area contributed by atoms with Crippen molar-refractivity contribution in [2.75, 3.05) is 7.05 Å². The first-order valence-electron chi connectivity index (χ1n) is 7.23. The Kier molecular flexibility index (Phi) is 7.24. The molecule has 0 saturated heterocycles. The van der Waals surface area contributed by atoms with Crippen molar-refractivity contribution in [1.29, 1.82) is 0 Å². The van der Waals surface area contributed by atoms with Crippen LogP contribution in [0.3, 0.4) is 0 Å². The maximum absolute atomic E-state index is 12.2. The van der Waals surface area contributed by atoms with Crippen LogP contribution in [0.2, 0.25) is 0 Å². The SMILES string of the molecule is CCC(CC)NC(=O)C(C)N(C)Cc1ccccc1Br. The predicted octanol–water partition coefficient (Wildman–Crippen LogP) is 3.57. The highest BCUT2D eigenvalue weighted by molar-refractivity contribution is 9.10. The zero-order valence-electron chi connectivity index (χ0n) is 12.8. The highest BCUT2D eigenvalue weighted by Crippen LogP contribution is 2.18. The Morgan fingerprint density at radius 1 is 1.30 bits per heavy atom. The first kappa shape index (κ1) is 17.2. The minimum absolute atomic E-state index is 0.105. The van der Waals surface area contributed by atoms with E-state index >= 15 is 0 Å². The van der Waals surface area contributed by atoms with Gasteiger partial charge in [-0.25, -0.2) is 0 Å². The Balaban J connectivity index is 2.60. The van der Waals surface area contributed by atoms with Crippen LogP contribution >= 0.6 is 15.9 Å². The topological polar surface area (TPSA) is 32.3 Å². The fourth-order valence-electron chi connectivity index (χ4n) is 2.05. The molecule has 0 spiro atoms. The van der Waals surface area contributed by atoms with Crippen LogP contribution in [-0.2, 0) is 11.3 Å². The van der Waals surface area contributed by atoms with E-state index in [1.54, 1.807) is 0 Å². The molecule has 112 valence electrons. The number of hydrogen-bond donors (Lipinski definition) is 1. The zero-order chi connectivity index (χ0) is 15.1. The molecular weight excluding hydrogens is 316 g/mol. The average molecular weight is 341 g/mol. The van der Waals surface area contributed by atoms with Crippen LogP contribution < -0.4 is 5.32 Å². The number of rotatable bonds is 7. The van der Waals surface area contributed by atoms with Crippen LogP contribution in [0.4, 0.5) is 0 Å². The molecular formula is C16H25BrN2O. The second kappa shape index (κ2) is 8.42. The normalized spacial score (nSPS) is 12.8. The molecule has 0 saturated carbocycles. The van der Waals surface area contributed by atoms with Crippen LogP contribution in [0.1, 0.15) is 39.2 Å². The van der Waals surface area contributed by atoms with Crippen LogP contribution in [0.25, 0.3) is 0 Å². The molecule has 0 fully saturated rings. The summed E-state index contributed by atoms with van der Waals surface area (Å²) < 4.78 is 1.08. The lowest BCUT2D eigenvalue weighted by Crippen LogP contribution is -2.46. The molecule has 1 aromatic rings. The summed E-state index contributed by atoms with van der Waals surface area (Å²) in [5.74, 6) is 0.105. The molecule has 1 rings (SSSR count). The van der Waals surface area contributed by atoms with Crippen LogP contribution in [0.15, 0.2) is 28.7 Å². The van der Waals surface area contributed by atoms with Gasteiger partial charge in [0.15, 0.2) is 0 Å². The average Bonchev–Trinajstić information content (AvgIpc) is 2.45. The Morgan fingerprint density at radius 2 is 1.90 bits per heavy atom. The third kappa shape index (κ3) is 4.91. The Labute approximate surface area is 130 Å². The van der Waals surface area contributed by atoms with Gasteiger partial charge in [-0.05, 0) is 38.4 Å². The van der Waals surface area contributed by atoms with Gasteiger partial charge < -0.3 is 5.32 Å². The van der Waals surface area contributed by atoms with Crippen LogP contribution in [0, 0.1) is 0 Å². The van der Waals surface area contributed by atoms with Crippen molar-refractivity contribution < 1.29 is 4.79 Å². The van der Waals surface area contributed by atoms with Crippen LogP contribution in [-0.4, -0.2) is 29.9 Å². The summed E-state index contributed by atoms with van der Waals surface area (Å²) >= 11 is 3.55. The fourth-order valence-corrected chi connectivity index (χ4v) is 2.46. The standard InChI is InChI=1S/C16H25BrN2O/c1-5-14(6-2)18-16(20)12(3)19(4)11-13-9-7-8-10-15(13)17/h7-10,12,14H,5-6,11H2,1-4H3,(H,18,20). The molecule has 4 heteroatoms. The van der Waals surface area contributed by atoms with Crippen molar-refractivity contribution >= 4 is 21.8 Å². The molecule has 20 heavy (non-hydrogen) atoms. The van der Waals surface area contributed by atoms with Crippen molar-refractivity contribution in [3.8, 4) is 0 Å². The van der Waals surface area contributed by atoms with Crippen molar-refractivity contribution in [2.24, 2.45) is 0 Å². The summed E-state index contributed by atoms with van der Waals surface area (Å²) in [6, 6.07) is 8.26. The summed E-state index contributed by atoms with van der Waals surface area (Å²) in [7, 11) is 1.98. The Bertz CT molecular complexity index is 432. The van der Waals surface area contributed by atoms with Crippen molar-refractivity contribution in [3.63, 3.8) is 0 Å². The number of carbonyl (C=O) groups is 1. The second-order valence-corrected chi connectivity index (χ2v) is 6.06. The molecule has 0 aliphatic rings. The lowest BCUT2D eigenvalue weighted by Gasteiger charge is -2.26. The highest BCUT2D eigenvalue weighted by Gasteiger charge is 2.20. The van der Waals surface area contributed by atoms with E-state index in [4.69, 9.17) is 0 Å². The number of benzene rings is 1. The Morgan fingerprint density at radius 3 is 2.45 bits per heavy atom. The Hall–Kier alpha value is -0.870. The van der Waals surface area contributed by atoms with Gasteiger partial charge in [0.2, 0.25) is 5.91 Å². The summed E-state index contributed by atoms with van der Waals surface area (Å²) in [6.07, 6.45) is 1.95. The summed E-state index contributed by atoms with van der Waals surface area (Å²) in [4.78, 5) is 14.3. The van der Waals surface area contributed by atoms with E-state index in [0.29, 0.717) is 0 Å². The number of nitrogens with zero attached hydrogens (tertiary/aromatic N) is 1. The third-order valence-electron chi connectivity index (χ3n) is 3.75. The first-order valence-corrected chi connectivity index (χ1v) is 8.02. The molecule has 1 unspecified atom stereocenters. The van der Waals surface area contributed by atoms with Gasteiger partial charge in [-0.2, -0.15) is 0 Å². The molecule has 3 nitrogen and oxygen atoms in total. The highest BCUT2D eigenvalue weighted by atomic mass is 79.9. The van der Waals surface area contributed by atoms with E-state index < -0.39 is 0 Å². The van der Waals surface area contributed by atoms with Gasteiger partial charge in [0.1, 0.15) is 0 Å². The number of halogens is 1. The largest absolute Gasteiger partial charge is 0.352 e. The smallest absolute Gasteiger partial charge is 0.237 e. The minimum atomic E-state index is -0.136. The first-order chi connectivity index (χ1) is 9.49. The van der Waals surface area contributed by atoms with Gasteiger partial charge in [0, 0.05) is 17.1 Å². The van der Waals surface area contributed by atoms with Gasteiger partial charge in [-0.1, -0.05) is 48.0 Å². The summed E-state index contributed by atoms with van der Waals surface area (Å²) in [6.45, 7) is 6.90. The maximum atomic E-state index is 12.2. The van der Waals surface area contributed by atoms with Crippen molar-refractivity contribution in [3.05, 3.63) is 34.3 Å². The molecule has 1 amide bonds. The molecule has 0 aliphatic carbocycles. The maximum Gasteiger partial charge on any atom is 0.237 e. The van der Waals surface area contributed by atoms with E-state index in [1.807, 2.05) is 32.2 Å². The molecule has 0 aliphatic heterocycles.